The number of benzene rings is 2. The lowest BCUT2D eigenvalue weighted by Gasteiger charge is -2.38. The first-order valence-corrected chi connectivity index (χ1v) is 9.99. The fraction of sp³-hybridized carbons (Fsp3) is 0.333. The second-order valence-electron chi connectivity index (χ2n) is 6.87. The fourth-order valence-corrected chi connectivity index (χ4v) is 5.35. The van der Waals surface area contributed by atoms with E-state index >= 15 is 0 Å². The molecule has 3 unspecified atom stereocenters. The molecule has 4 rings (SSSR count). The number of hydrogen-bond acceptors (Lipinski definition) is 4. The van der Waals surface area contributed by atoms with Gasteiger partial charge in [0.05, 0.1) is 11.6 Å². The molecule has 4 nitrogen and oxygen atoms in total. The summed E-state index contributed by atoms with van der Waals surface area (Å²) >= 11 is 1.50. The lowest BCUT2D eigenvalue weighted by molar-refractivity contribution is 0.0644. The van der Waals surface area contributed by atoms with E-state index in [0.29, 0.717) is 22.7 Å². The van der Waals surface area contributed by atoms with Crippen LogP contribution in [0.25, 0.3) is 0 Å². The van der Waals surface area contributed by atoms with Crippen molar-refractivity contribution in [3.8, 4) is 0 Å². The van der Waals surface area contributed by atoms with Gasteiger partial charge in [0.2, 0.25) is 0 Å². The molecule has 1 aliphatic carbocycles. The highest BCUT2D eigenvalue weighted by molar-refractivity contribution is 8.13. The highest BCUT2D eigenvalue weighted by Crippen LogP contribution is 2.52. The topological polar surface area (TPSA) is 50.7 Å². The molecule has 6 heteroatoms. The molecular weight excluding hydrogens is 363 g/mol. The van der Waals surface area contributed by atoms with Crippen molar-refractivity contribution in [3.05, 3.63) is 71.5 Å². The molecule has 1 aliphatic heterocycles. The molecule has 2 aromatic rings. The van der Waals surface area contributed by atoms with Gasteiger partial charge in [-0.1, -0.05) is 48.2 Å². The summed E-state index contributed by atoms with van der Waals surface area (Å²) in [7, 11) is 1.70. The van der Waals surface area contributed by atoms with Crippen LogP contribution in [0.4, 0.5) is 4.39 Å². The summed E-state index contributed by atoms with van der Waals surface area (Å²) in [6.45, 7) is 0. The number of carbonyl (C=O) groups is 1. The summed E-state index contributed by atoms with van der Waals surface area (Å²) in [6, 6.07) is 15.8. The number of amidine groups is 1. The zero-order chi connectivity index (χ0) is 18.9. The summed E-state index contributed by atoms with van der Waals surface area (Å²) in [5.74, 6) is 0.330. The molecule has 1 saturated carbocycles. The molecule has 1 heterocycles. The molecular formula is C21H21FN2O2S. The summed E-state index contributed by atoms with van der Waals surface area (Å²) < 4.78 is 20.3. The van der Waals surface area contributed by atoms with E-state index in [9.17, 15) is 9.18 Å². The molecule has 2 aromatic carbocycles. The second kappa shape index (κ2) is 7.44. The molecule has 1 fully saturated rings. The van der Waals surface area contributed by atoms with Gasteiger partial charge in [-0.25, -0.2) is 4.39 Å². The van der Waals surface area contributed by atoms with Gasteiger partial charge < -0.3 is 10.1 Å². The van der Waals surface area contributed by atoms with E-state index in [1.807, 2.05) is 24.3 Å². The van der Waals surface area contributed by atoms with Crippen LogP contribution in [0.2, 0.25) is 0 Å². The fourth-order valence-electron chi connectivity index (χ4n) is 4.13. The molecule has 0 aromatic heterocycles. The van der Waals surface area contributed by atoms with Gasteiger partial charge in [-0.05, 0) is 31.0 Å². The predicted molar refractivity (Wildman–Crippen MR) is 105 cm³/mol. The molecule has 0 radical (unpaired) electrons. The van der Waals surface area contributed by atoms with Gasteiger partial charge in [-0.3, -0.25) is 9.79 Å². The molecule has 27 heavy (non-hydrogen) atoms. The number of methoxy groups -OCH3 is 1. The molecule has 1 N–H and O–H groups in total. The Kier molecular flexibility index (Phi) is 5.02. The molecule has 0 spiro atoms. The monoisotopic (exact) mass is 384 g/mol. The highest BCUT2D eigenvalue weighted by Gasteiger charge is 2.53. The number of halogens is 1. The van der Waals surface area contributed by atoms with Gasteiger partial charge in [0.1, 0.15) is 5.82 Å². The first-order chi connectivity index (χ1) is 13.1. The Bertz CT molecular complexity index is 873. The summed E-state index contributed by atoms with van der Waals surface area (Å²) in [5, 5.41) is 3.45. The lowest BCUT2D eigenvalue weighted by atomic mass is 9.81. The van der Waals surface area contributed by atoms with Gasteiger partial charge in [-0.2, -0.15) is 0 Å². The largest absolute Gasteiger partial charge is 0.381 e. The first-order valence-electron chi connectivity index (χ1n) is 9.01. The van der Waals surface area contributed by atoms with Crippen molar-refractivity contribution in [3.63, 3.8) is 0 Å². The molecule has 1 amide bonds. The Morgan fingerprint density at radius 1 is 1.22 bits per heavy atom. The van der Waals surface area contributed by atoms with Crippen LogP contribution in [0.1, 0.15) is 28.8 Å². The quantitative estimate of drug-likeness (QED) is 0.871. The van der Waals surface area contributed by atoms with Crippen LogP contribution < -0.4 is 5.32 Å². The SMILES string of the molecule is COC1CCC2(c3ccccc3F)N=C(NC(=O)c3ccccc3)SCC12. The summed E-state index contributed by atoms with van der Waals surface area (Å²) in [4.78, 5) is 17.4. The average Bonchev–Trinajstić information content (AvgIpc) is 3.07. The van der Waals surface area contributed by atoms with Crippen molar-refractivity contribution in [2.75, 3.05) is 12.9 Å². The number of rotatable bonds is 3. The first kappa shape index (κ1) is 18.2. The van der Waals surface area contributed by atoms with Crippen LogP contribution >= 0.6 is 11.8 Å². The second-order valence-corrected chi connectivity index (χ2v) is 7.88. The van der Waals surface area contributed by atoms with E-state index < -0.39 is 5.54 Å². The van der Waals surface area contributed by atoms with E-state index in [4.69, 9.17) is 9.73 Å². The number of nitrogens with one attached hydrogen (secondary N) is 1. The normalized spacial score (nSPS) is 27.0. The molecule has 0 bridgehead atoms. The number of hydrogen-bond donors (Lipinski definition) is 1. The minimum absolute atomic E-state index is 0.0345. The Balaban J connectivity index is 1.70. The lowest BCUT2D eigenvalue weighted by Crippen LogP contribution is -2.43. The molecule has 140 valence electrons. The van der Waals surface area contributed by atoms with E-state index in [0.717, 1.165) is 12.2 Å². The Morgan fingerprint density at radius 3 is 2.70 bits per heavy atom. The Labute approximate surface area is 162 Å². The van der Waals surface area contributed by atoms with Crippen molar-refractivity contribution in [2.45, 2.75) is 24.5 Å². The van der Waals surface area contributed by atoms with E-state index in [1.165, 1.54) is 17.8 Å². The van der Waals surface area contributed by atoms with Crippen molar-refractivity contribution in [2.24, 2.45) is 10.9 Å². The summed E-state index contributed by atoms with van der Waals surface area (Å²) in [5.41, 5.74) is 0.460. The number of amides is 1. The van der Waals surface area contributed by atoms with Crippen LogP contribution in [-0.2, 0) is 10.3 Å². The maximum Gasteiger partial charge on any atom is 0.257 e. The van der Waals surface area contributed by atoms with Gasteiger partial charge >= 0.3 is 0 Å². The van der Waals surface area contributed by atoms with Crippen molar-refractivity contribution in [1.29, 1.82) is 0 Å². The summed E-state index contributed by atoms with van der Waals surface area (Å²) in [6.07, 6.45) is 1.55. The van der Waals surface area contributed by atoms with E-state index in [2.05, 4.69) is 5.32 Å². The average molecular weight is 384 g/mol. The van der Waals surface area contributed by atoms with Crippen molar-refractivity contribution in [1.82, 2.24) is 5.32 Å². The van der Waals surface area contributed by atoms with Gasteiger partial charge in [0.15, 0.2) is 5.17 Å². The Morgan fingerprint density at radius 2 is 1.96 bits per heavy atom. The van der Waals surface area contributed by atoms with Crippen LogP contribution in [-0.4, -0.2) is 30.0 Å². The smallest absolute Gasteiger partial charge is 0.257 e. The zero-order valence-electron chi connectivity index (χ0n) is 15.0. The number of fused-ring (bicyclic) bond motifs is 1. The molecule has 0 saturated heterocycles. The van der Waals surface area contributed by atoms with Crippen LogP contribution in [0.15, 0.2) is 59.6 Å². The maximum absolute atomic E-state index is 14.7. The number of ether oxygens (including phenoxy) is 1. The maximum atomic E-state index is 14.7. The van der Waals surface area contributed by atoms with Gasteiger partial charge in [-0.15, -0.1) is 0 Å². The number of thioether (sulfide) groups is 1. The number of nitrogens with zero attached hydrogens (tertiary/aromatic N) is 1. The zero-order valence-corrected chi connectivity index (χ0v) is 15.8. The third-order valence-corrected chi connectivity index (χ3v) is 6.46. The molecule has 3 atom stereocenters. The van der Waals surface area contributed by atoms with E-state index in [-0.39, 0.29) is 23.7 Å². The third-order valence-electron chi connectivity index (χ3n) is 5.47. The minimum Gasteiger partial charge on any atom is -0.381 e. The number of aliphatic imine (C=N–C) groups is 1. The van der Waals surface area contributed by atoms with Crippen LogP contribution in [0.3, 0.4) is 0 Å². The number of carbonyl (C=O) groups excluding carboxylic acids is 1. The highest BCUT2D eigenvalue weighted by atomic mass is 32.2. The van der Waals surface area contributed by atoms with Crippen LogP contribution in [0, 0.1) is 11.7 Å². The standard InChI is InChI=1S/C21H21FN2O2S/c1-26-18-11-12-21(15-9-5-6-10-17(15)22)16(18)13-27-20(24-21)23-19(25)14-7-3-2-4-8-14/h2-10,16,18H,11-13H2,1H3,(H,23,24,25). The molecule has 2 aliphatic rings. The van der Waals surface area contributed by atoms with Crippen molar-refractivity contribution >= 4 is 22.8 Å². The van der Waals surface area contributed by atoms with Gasteiger partial charge in [0.25, 0.3) is 5.91 Å². The van der Waals surface area contributed by atoms with Crippen molar-refractivity contribution < 1.29 is 13.9 Å². The Hall–Kier alpha value is -2.18. The third kappa shape index (κ3) is 3.28. The predicted octanol–water partition coefficient (Wildman–Crippen LogP) is 3.98. The van der Waals surface area contributed by atoms with Crippen LogP contribution in [0.5, 0.6) is 0 Å². The minimum atomic E-state index is -0.698. The van der Waals surface area contributed by atoms with E-state index in [1.54, 1.807) is 31.4 Å². The van der Waals surface area contributed by atoms with Gasteiger partial charge in [0, 0.05) is 29.9 Å².